The van der Waals surface area contributed by atoms with Crippen LogP contribution in [0.1, 0.15) is 13.8 Å². The van der Waals surface area contributed by atoms with Gasteiger partial charge in [0.25, 0.3) is 5.56 Å². The molecule has 25 heavy (non-hydrogen) atoms. The fourth-order valence-corrected chi connectivity index (χ4v) is 3.18. The molecule has 0 aliphatic heterocycles. The van der Waals surface area contributed by atoms with Crippen LogP contribution in [0.4, 0.5) is 5.69 Å². The number of thiazole rings is 1. The van der Waals surface area contributed by atoms with Crippen molar-refractivity contribution in [3.63, 3.8) is 0 Å². The van der Waals surface area contributed by atoms with Crippen LogP contribution < -0.4 is 20.1 Å². The third kappa shape index (κ3) is 4.26. The number of aromatic nitrogens is 2. The molecule has 0 radical (unpaired) electrons. The number of ether oxygens (including phenoxy) is 1. The van der Waals surface area contributed by atoms with E-state index in [4.69, 9.17) is 16.3 Å². The second kappa shape index (κ2) is 8.46. The van der Waals surface area contributed by atoms with Crippen LogP contribution in [0.15, 0.2) is 23.1 Å². The van der Waals surface area contributed by atoms with Crippen LogP contribution in [-0.4, -0.2) is 22.1 Å². The van der Waals surface area contributed by atoms with Gasteiger partial charge in [0.15, 0.2) is 5.57 Å². The summed E-state index contributed by atoms with van der Waals surface area (Å²) in [6, 6.07) is 5.16. The lowest BCUT2D eigenvalue weighted by Crippen LogP contribution is -2.32. The van der Waals surface area contributed by atoms with Crippen LogP contribution in [0, 0.1) is 11.3 Å². The number of nitrogens with zero attached hydrogens (tertiary/aromatic N) is 3. The van der Waals surface area contributed by atoms with Gasteiger partial charge in [0.05, 0.1) is 18.5 Å². The summed E-state index contributed by atoms with van der Waals surface area (Å²) in [4.78, 5) is 28.4. The predicted molar refractivity (Wildman–Crippen MR) is 96.5 cm³/mol. The van der Waals surface area contributed by atoms with Crippen molar-refractivity contribution in [2.45, 2.75) is 20.4 Å². The first-order chi connectivity index (χ1) is 12.0. The van der Waals surface area contributed by atoms with Crippen molar-refractivity contribution in [3.8, 4) is 6.07 Å². The highest BCUT2D eigenvalue weighted by Crippen LogP contribution is 2.09. The van der Waals surface area contributed by atoms with Crippen molar-refractivity contribution in [2.75, 3.05) is 11.9 Å². The van der Waals surface area contributed by atoms with Gasteiger partial charge in [-0.1, -0.05) is 11.6 Å². The maximum absolute atomic E-state index is 12.5. The van der Waals surface area contributed by atoms with E-state index in [0.717, 1.165) is 11.3 Å². The fraction of sp³-hybridized carbons (Fsp3) is 0.250. The number of carbonyl (C=O) groups is 1. The van der Waals surface area contributed by atoms with Gasteiger partial charge in [-0.25, -0.2) is 9.78 Å². The predicted octanol–water partition coefficient (Wildman–Crippen LogP) is 1.07. The second-order valence-corrected chi connectivity index (χ2v) is 6.10. The SMILES string of the molecule is CCOC(=O)C(C#N)=c1sc(=CNc2ccc(Cl)nc2)c(=O)n1CC. The van der Waals surface area contributed by atoms with Crippen LogP contribution in [0.25, 0.3) is 11.8 Å². The zero-order valence-electron chi connectivity index (χ0n) is 13.6. The normalized spacial score (nSPS) is 12.5. The van der Waals surface area contributed by atoms with E-state index in [2.05, 4.69) is 10.3 Å². The van der Waals surface area contributed by atoms with Gasteiger partial charge in [0.1, 0.15) is 20.4 Å². The van der Waals surface area contributed by atoms with Gasteiger partial charge in [-0.3, -0.25) is 9.36 Å². The summed E-state index contributed by atoms with van der Waals surface area (Å²) in [5.41, 5.74) is 0.171. The molecule has 0 saturated carbocycles. The van der Waals surface area contributed by atoms with E-state index in [0.29, 0.717) is 21.9 Å². The Labute approximate surface area is 152 Å². The number of rotatable bonds is 5. The number of hydrogen-bond donors (Lipinski definition) is 1. The van der Waals surface area contributed by atoms with E-state index in [1.807, 2.05) is 6.07 Å². The zero-order chi connectivity index (χ0) is 18.4. The Morgan fingerprint density at radius 3 is 2.84 bits per heavy atom. The molecule has 130 valence electrons. The summed E-state index contributed by atoms with van der Waals surface area (Å²) in [5.74, 6) is -0.741. The van der Waals surface area contributed by atoms with Crippen LogP contribution in [0.5, 0.6) is 0 Å². The standard InChI is InChI=1S/C16H15ClN4O3S/c1-3-21-14(22)12(9-19-10-5-6-13(17)20-8-10)25-15(21)11(7-18)16(23)24-4-2/h5-6,8-9,19H,3-4H2,1-2H3. The summed E-state index contributed by atoms with van der Waals surface area (Å²) in [5, 5.41) is 12.6. The molecule has 0 aliphatic rings. The molecule has 0 aliphatic carbocycles. The van der Waals surface area contributed by atoms with E-state index in [1.54, 1.807) is 26.0 Å². The smallest absolute Gasteiger partial charge is 0.351 e. The van der Waals surface area contributed by atoms with Crippen LogP contribution in [-0.2, 0) is 16.1 Å². The second-order valence-electron chi connectivity index (χ2n) is 4.69. The lowest BCUT2D eigenvalue weighted by atomic mass is 10.3. The lowest BCUT2D eigenvalue weighted by Gasteiger charge is -2.00. The Balaban J connectivity index is 2.55. The Morgan fingerprint density at radius 2 is 2.28 bits per heavy atom. The molecule has 0 aromatic carbocycles. The monoisotopic (exact) mass is 378 g/mol. The third-order valence-electron chi connectivity index (χ3n) is 3.13. The topological polar surface area (TPSA) is 97.0 Å². The molecule has 0 atom stereocenters. The molecule has 2 aromatic rings. The average Bonchev–Trinajstić information content (AvgIpc) is 2.91. The van der Waals surface area contributed by atoms with Crippen molar-refractivity contribution in [1.29, 1.82) is 5.26 Å². The average molecular weight is 379 g/mol. The van der Waals surface area contributed by atoms with Gasteiger partial charge in [-0.15, -0.1) is 11.3 Å². The van der Waals surface area contributed by atoms with Crippen molar-refractivity contribution < 1.29 is 9.53 Å². The number of hydrogen-bond acceptors (Lipinski definition) is 7. The highest BCUT2D eigenvalue weighted by Gasteiger charge is 2.16. The first-order valence-corrected chi connectivity index (χ1v) is 8.60. The number of carbonyl (C=O) groups excluding carboxylic acids is 1. The van der Waals surface area contributed by atoms with Gasteiger partial charge in [0, 0.05) is 12.7 Å². The van der Waals surface area contributed by atoms with Gasteiger partial charge in [-0.05, 0) is 26.0 Å². The maximum Gasteiger partial charge on any atom is 0.351 e. The van der Waals surface area contributed by atoms with Crippen molar-refractivity contribution in [1.82, 2.24) is 9.55 Å². The van der Waals surface area contributed by atoms with E-state index >= 15 is 0 Å². The molecular formula is C16H15ClN4O3S. The minimum atomic E-state index is -0.741. The minimum absolute atomic E-state index is 0.149. The Bertz CT molecular complexity index is 986. The van der Waals surface area contributed by atoms with Crippen molar-refractivity contribution in [3.05, 3.63) is 43.0 Å². The Morgan fingerprint density at radius 1 is 1.52 bits per heavy atom. The number of nitriles is 1. The molecule has 0 unspecified atom stereocenters. The van der Waals surface area contributed by atoms with Gasteiger partial charge >= 0.3 is 5.97 Å². The number of esters is 1. The maximum atomic E-state index is 12.5. The summed E-state index contributed by atoms with van der Waals surface area (Å²) in [6.45, 7) is 3.89. The first-order valence-electron chi connectivity index (χ1n) is 7.41. The van der Waals surface area contributed by atoms with Crippen molar-refractivity contribution >= 4 is 46.4 Å². The Hall–Kier alpha value is -2.63. The van der Waals surface area contributed by atoms with E-state index in [9.17, 15) is 14.9 Å². The lowest BCUT2D eigenvalue weighted by molar-refractivity contribution is -0.136. The molecule has 0 fully saturated rings. The quantitative estimate of drug-likeness (QED) is 0.617. The van der Waals surface area contributed by atoms with E-state index in [-0.39, 0.29) is 22.4 Å². The molecule has 2 aromatic heterocycles. The fourth-order valence-electron chi connectivity index (χ4n) is 1.99. The zero-order valence-corrected chi connectivity index (χ0v) is 15.1. The first kappa shape index (κ1) is 18.7. The molecule has 1 N–H and O–H groups in total. The summed E-state index contributed by atoms with van der Waals surface area (Å²) in [7, 11) is 0. The van der Waals surface area contributed by atoms with Gasteiger partial charge < -0.3 is 10.1 Å². The van der Waals surface area contributed by atoms with E-state index < -0.39 is 5.97 Å². The number of halogens is 1. The molecule has 0 amide bonds. The molecule has 2 rings (SSSR count). The number of nitrogens with one attached hydrogen (secondary N) is 1. The van der Waals surface area contributed by atoms with Crippen LogP contribution >= 0.6 is 22.9 Å². The third-order valence-corrected chi connectivity index (χ3v) is 4.48. The molecule has 7 nitrogen and oxygen atoms in total. The number of anilines is 1. The summed E-state index contributed by atoms with van der Waals surface area (Å²) in [6.07, 6.45) is 3.03. The van der Waals surface area contributed by atoms with Gasteiger partial charge in [0.2, 0.25) is 0 Å². The molecule has 0 bridgehead atoms. The summed E-state index contributed by atoms with van der Waals surface area (Å²) >= 11 is 6.77. The van der Waals surface area contributed by atoms with Crippen LogP contribution in [0.2, 0.25) is 5.15 Å². The van der Waals surface area contributed by atoms with Crippen molar-refractivity contribution in [2.24, 2.45) is 0 Å². The molecule has 0 saturated heterocycles. The molecule has 2 heterocycles. The Kier molecular flexibility index (Phi) is 6.33. The number of pyridine rings is 1. The highest BCUT2D eigenvalue weighted by molar-refractivity contribution is 7.07. The highest BCUT2D eigenvalue weighted by atomic mass is 35.5. The van der Waals surface area contributed by atoms with E-state index in [1.165, 1.54) is 17.0 Å². The largest absolute Gasteiger partial charge is 0.462 e. The molecular weight excluding hydrogens is 364 g/mol. The molecule has 0 spiro atoms. The molecule has 9 heteroatoms. The van der Waals surface area contributed by atoms with Crippen LogP contribution in [0.3, 0.4) is 0 Å². The summed E-state index contributed by atoms with van der Waals surface area (Å²) < 4.78 is 6.88. The minimum Gasteiger partial charge on any atom is -0.462 e. The van der Waals surface area contributed by atoms with Gasteiger partial charge in [-0.2, -0.15) is 5.26 Å².